The van der Waals surface area contributed by atoms with Crippen LogP contribution in [0.3, 0.4) is 0 Å². The standard InChI is InChI=1S/C16H22N4/c1-5-20(6-2)15-11-13(4)17-16(19-15)18-14-10-8-7-9-12(14)3/h7-11H,5-6H2,1-4H3,(H,17,18,19). The summed E-state index contributed by atoms with van der Waals surface area (Å²) in [5.41, 5.74) is 3.20. The molecule has 0 radical (unpaired) electrons. The zero-order valence-corrected chi connectivity index (χ0v) is 12.6. The highest BCUT2D eigenvalue weighted by Crippen LogP contribution is 2.20. The van der Waals surface area contributed by atoms with Crippen LogP contribution in [0.4, 0.5) is 17.5 Å². The molecule has 106 valence electrons. The molecule has 20 heavy (non-hydrogen) atoms. The number of anilines is 3. The number of para-hydroxylation sites is 1. The number of hydrogen-bond donors (Lipinski definition) is 1. The lowest BCUT2D eigenvalue weighted by Crippen LogP contribution is -2.23. The van der Waals surface area contributed by atoms with Gasteiger partial charge in [-0.05, 0) is 39.3 Å². The number of nitrogens with one attached hydrogen (secondary N) is 1. The second-order valence-corrected chi connectivity index (χ2v) is 4.80. The smallest absolute Gasteiger partial charge is 0.229 e. The first-order chi connectivity index (χ1) is 9.63. The van der Waals surface area contributed by atoms with Gasteiger partial charge in [-0.3, -0.25) is 0 Å². The van der Waals surface area contributed by atoms with E-state index in [1.165, 1.54) is 5.56 Å². The highest BCUT2D eigenvalue weighted by molar-refractivity contribution is 5.59. The van der Waals surface area contributed by atoms with Crippen molar-refractivity contribution in [2.45, 2.75) is 27.7 Å². The molecule has 4 nitrogen and oxygen atoms in total. The van der Waals surface area contributed by atoms with Crippen LogP contribution in [-0.4, -0.2) is 23.1 Å². The second kappa shape index (κ2) is 6.37. The monoisotopic (exact) mass is 270 g/mol. The summed E-state index contributed by atoms with van der Waals surface area (Å²) < 4.78 is 0. The van der Waals surface area contributed by atoms with E-state index in [4.69, 9.17) is 0 Å². The van der Waals surface area contributed by atoms with Gasteiger partial charge in [0, 0.05) is 30.5 Å². The number of aromatic nitrogens is 2. The van der Waals surface area contributed by atoms with Crippen LogP contribution in [0.15, 0.2) is 30.3 Å². The van der Waals surface area contributed by atoms with E-state index in [-0.39, 0.29) is 0 Å². The number of hydrogen-bond acceptors (Lipinski definition) is 4. The first kappa shape index (κ1) is 14.3. The Morgan fingerprint density at radius 2 is 1.75 bits per heavy atom. The molecule has 4 heteroatoms. The van der Waals surface area contributed by atoms with Crippen molar-refractivity contribution in [2.24, 2.45) is 0 Å². The van der Waals surface area contributed by atoms with Crippen molar-refractivity contribution in [3.05, 3.63) is 41.6 Å². The minimum Gasteiger partial charge on any atom is -0.357 e. The van der Waals surface area contributed by atoms with Crippen molar-refractivity contribution >= 4 is 17.5 Å². The van der Waals surface area contributed by atoms with E-state index >= 15 is 0 Å². The molecule has 1 heterocycles. The van der Waals surface area contributed by atoms with Crippen LogP contribution in [0.25, 0.3) is 0 Å². The van der Waals surface area contributed by atoms with E-state index < -0.39 is 0 Å². The average Bonchev–Trinajstić information content (AvgIpc) is 2.42. The summed E-state index contributed by atoms with van der Waals surface area (Å²) in [7, 11) is 0. The molecule has 1 aromatic heterocycles. The Labute approximate surface area is 120 Å². The molecule has 0 aliphatic heterocycles. The highest BCUT2D eigenvalue weighted by Gasteiger charge is 2.08. The molecule has 1 aromatic carbocycles. The predicted octanol–water partition coefficient (Wildman–Crippen LogP) is 3.68. The Hall–Kier alpha value is -2.10. The van der Waals surface area contributed by atoms with Gasteiger partial charge in [0.05, 0.1) is 0 Å². The molecule has 2 aromatic rings. The molecule has 0 aliphatic carbocycles. The molecule has 0 unspecified atom stereocenters. The Morgan fingerprint density at radius 1 is 1.05 bits per heavy atom. The van der Waals surface area contributed by atoms with E-state index in [2.05, 4.69) is 47.0 Å². The summed E-state index contributed by atoms with van der Waals surface area (Å²) in [6.07, 6.45) is 0. The van der Waals surface area contributed by atoms with Crippen LogP contribution in [0.1, 0.15) is 25.1 Å². The lowest BCUT2D eigenvalue weighted by atomic mass is 10.2. The molecular formula is C16H22N4. The summed E-state index contributed by atoms with van der Waals surface area (Å²) >= 11 is 0. The quantitative estimate of drug-likeness (QED) is 0.899. The summed E-state index contributed by atoms with van der Waals surface area (Å²) in [5, 5.41) is 3.31. The molecule has 0 bridgehead atoms. The molecule has 1 N–H and O–H groups in total. The molecule has 2 rings (SSSR count). The molecule has 0 fully saturated rings. The molecule has 0 saturated carbocycles. The fourth-order valence-corrected chi connectivity index (χ4v) is 2.15. The third-order valence-electron chi connectivity index (χ3n) is 3.32. The van der Waals surface area contributed by atoms with Gasteiger partial charge >= 0.3 is 0 Å². The van der Waals surface area contributed by atoms with Crippen LogP contribution in [0.2, 0.25) is 0 Å². The average molecular weight is 270 g/mol. The van der Waals surface area contributed by atoms with E-state index in [0.29, 0.717) is 5.95 Å². The zero-order valence-electron chi connectivity index (χ0n) is 12.6. The molecule has 0 atom stereocenters. The van der Waals surface area contributed by atoms with Crippen LogP contribution >= 0.6 is 0 Å². The van der Waals surface area contributed by atoms with Crippen LogP contribution in [0.5, 0.6) is 0 Å². The van der Waals surface area contributed by atoms with E-state index in [9.17, 15) is 0 Å². The summed E-state index contributed by atoms with van der Waals surface area (Å²) in [6.45, 7) is 10.2. The summed E-state index contributed by atoms with van der Waals surface area (Å²) in [6, 6.07) is 10.2. The molecule has 0 saturated heterocycles. The van der Waals surface area contributed by atoms with Crippen molar-refractivity contribution in [3.8, 4) is 0 Å². The largest absolute Gasteiger partial charge is 0.357 e. The Balaban J connectivity index is 2.31. The topological polar surface area (TPSA) is 41.1 Å². The maximum absolute atomic E-state index is 4.62. The van der Waals surface area contributed by atoms with E-state index in [1.54, 1.807) is 0 Å². The lowest BCUT2D eigenvalue weighted by Gasteiger charge is -2.20. The molecule has 0 spiro atoms. The number of rotatable bonds is 5. The normalized spacial score (nSPS) is 10.4. The maximum Gasteiger partial charge on any atom is 0.229 e. The molecule has 0 aliphatic rings. The summed E-state index contributed by atoms with van der Waals surface area (Å²) in [4.78, 5) is 11.3. The van der Waals surface area contributed by atoms with E-state index in [0.717, 1.165) is 30.3 Å². The number of benzene rings is 1. The van der Waals surface area contributed by atoms with Crippen molar-refractivity contribution in [3.63, 3.8) is 0 Å². The minimum atomic E-state index is 0.654. The fourth-order valence-electron chi connectivity index (χ4n) is 2.15. The second-order valence-electron chi connectivity index (χ2n) is 4.80. The van der Waals surface area contributed by atoms with Gasteiger partial charge < -0.3 is 10.2 Å². The Morgan fingerprint density at radius 3 is 2.40 bits per heavy atom. The molecule has 0 amide bonds. The Bertz CT molecular complexity index is 576. The van der Waals surface area contributed by atoms with Gasteiger partial charge in [0.1, 0.15) is 5.82 Å². The van der Waals surface area contributed by atoms with Crippen LogP contribution < -0.4 is 10.2 Å². The van der Waals surface area contributed by atoms with E-state index in [1.807, 2.05) is 31.2 Å². The fraction of sp³-hybridized carbons (Fsp3) is 0.375. The lowest BCUT2D eigenvalue weighted by molar-refractivity contribution is 0.840. The first-order valence-corrected chi connectivity index (χ1v) is 7.07. The van der Waals surface area contributed by atoms with Crippen molar-refractivity contribution < 1.29 is 0 Å². The van der Waals surface area contributed by atoms with Crippen LogP contribution in [-0.2, 0) is 0 Å². The van der Waals surface area contributed by atoms with Gasteiger partial charge in [-0.2, -0.15) is 4.98 Å². The van der Waals surface area contributed by atoms with Gasteiger partial charge in [0.2, 0.25) is 5.95 Å². The third-order valence-corrected chi connectivity index (χ3v) is 3.32. The van der Waals surface area contributed by atoms with Crippen molar-refractivity contribution in [2.75, 3.05) is 23.3 Å². The highest BCUT2D eigenvalue weighted by atomic mass is 15.2. The zero-order chi connectivity index (χ0) is 14.5. The van der Waals surface area contributed by atoms with Crippen molar-refractivity contribution in [1.82, 2.24) is 9.97 Å². The van der Waals surface area contributed by atoms with Gasteiger partial charge in [0.15, 0.2) is 0 Å². The van der Waals surface area contributed by atoms with Gasteiger partial charge in [-0.15, -0.1) is 0 Å². The first-order valence-electron chi connectivity index (χ1n) is 7.07. The SMILES string of the molecule is CCN(CC)c1cc(C)nc(Nc2ccccc2C)n1. The number of aryl methyl sites for hydroxylation is 2. The Kier molecular flexibility index (Phi) is 4.56. The van der Waals surface area contributed by atoms with Gasteiger partial charge in [0.25, 0.3) is 0 Å². The minimum absolute atomic E-state index is 0.654. The molecular weight excluding hydrogens is 248 g/mol. The summed E-state index contributed by atoms with van der Waals surface area (Å²) in [5.74, 6) is 1.62. The van der Waals surface area contributed by atoms with Gasteiger partial charge in [-0.25, -0.2) is 4.98 Å². The van der Waals surface area contributed by atoms with Crippen LogP contribution in [0, 0.1) is 13.8 Å². The van der Waals surface area contributed by atoms with Gasteiger partial charge in [-0.1, -0.05) is 18.2 Å². The van der Waals surface area contributed by atoms with Crippen molar-refractivity contribution in [1.29, 1.82) is 0 Å². The predicted molar refractivity (Wildman–Crippen MR) is 84.8 cm³/mol. The maximum atomic E-state index is 4.62. The third kappa shape index (κ3) is 3.26. The number of nitrogens with zero attached hydrogens (tertiary/aromatic N) is 3.